The third-order valence-electron chi connectivity index (χ3n) is 2.40. The summed E-state index contributed by atoms with van der Waals surface area (Å²) in [5.74, 6) is -0.599. The van der Waals surface area contributed by atoms with Crippen molar-refractivity contribution in [2.75, 3.05) is 7.05 Å². The minimum atomic E-state index is -4.49. The van der Waals surface area contributed by atoms with Crippen molar-refractivity contribution in [3.63, 3.8) is 0 Å². The monoisotopic (exact) mass is 257 g/mol. The topological polar surface area (TPSA) is 57.0 Å². The Bertz CT molecular complexity index is 476. The number of nitriles is 1. The van der Waals surface area contributed by atoms with E-state index in [1.807, 2.05) is 6.07 Å². The molecule has 1 amide bonds. The van der Waals surface area contributed by atoms with Gasteiger partial charge in [0, 0.05) is 13.2 Å². The molecule has 96 valence electrons. The van der Waals surface area contributed by atoms with Crippen LogP contribution in [0.25, 0.3) is 0 Å². The number of amides is 1. The van der Waals surface area contributed by atoms with Crippen LogP contribution in [0.15, 0.2) is 18.3 Å². The Morgan fingerprint density at radius 1 is 1.50 bits per heavy atom. The second-order valence-electron chi connectivity index (χ2n) is 3.65. The van der Waals surface area contributed by atoms with Crippen LogP contribution < -0.4 is 0 Å². The molecule has 1 heterocycles. The molecular formula is C11H10F3N3O. The number of carbonyl (C=O) groups excluding carboxylic acids is 1. The normalized spacial score (nSPS) is 12.7. The van der Waals surface area contributed by atoms with Gasteiger partial charge in [-0.3, -0.25) is 9.78 Å². The Balaban J connectivity index is 2.93. The average molecular weight is 257 g/mol. The van der Waals surface area contributed by atoms with E-state index in [-0.39, 0.29) is 5.69 Å². The van der Waals surface area contributed by atoms with Gasteiger partial charge in [-0.15, -0.1) is 0 Å². The first-order valence-electron chi connectivity index (χ1n) is 4.97. The molecule has 0 N–H and O–H groups in total. The van der Waals surface area contributed by atoms with Gasteiger partial charge in [0.15, 0.2) is 0 Å². The smallest absolute Gasteiger partial charge is 0.325 e. The summed E-state index contributed by atoms with van der Waals surface area (Å²) in [4.78, 5) is 16.3. The van der Waals surface area contributed by atoms with Crippen LogP contribution >= 0.6 is 0 Å². The van der Waals surface area contributed by atoms with Crippen LogP contribution in [0.1, 0.15) is 23.0 Å². The lowest BCUT2D eigenvalue weighted by Crippen LogP contribution is -2.34. The van der Waals surface area contributed by atoms with Crippen molar-refractivity contribution in [1.82, 2.24) is 9.88 Å². The third-order valence-corrected chi connectivity index (χ3v) is 2.40. The van der Waals surface area contributed by atoms with Crippen molar-refractivity contribution < 1.29 is 18.0 Å². The maximum absolute atomic E-state index is 12.3. The van der Waals surface area contributed by atoms with Gasteiger partial charge in [0.05, 0.1) is 11.6 Å². The molecule has 0 bridgehead atoms. The predicted octanol–water partition coefficient (Wildman–Crippen LogP) is 2.08. The van der Waals surface area contributed by atoms with Gasteiger partial charge in [-0.1, -0.05) is 0 Å². The molecule has 1 aromatic rings. The number of halogens is 3. The van der Waals surface area contributed by atoms with Gasteiger partial charge >= 0.3 is 6.18 Å². The number of aromatic nitrogens is 1. The molecule has 0 aliphatic carbocycles. The molecule has 0 saturated carbocycles. The third kappa shape index (κ3) is 2.97. The molecule has 1 rings (SSSR count). The van der Waals surface area contributed by atoms with Gasteiger partial charge in [0.2, 0.25) is 0 Å². The number of hydrogen-bond acceptors (Lipinski definition) is 3. The minimum absolute atomic E-state index is 0.132. The van der Waals surface area contributed by atoms with E-state index in [9.17, 15) is 18.0 Å². The number of carbonyl (C=O) groups is 1. The van der Waals surface area contributed by atoms with Gasteiger partial charge < -0.3 is 4.90 Å². The number of nitrogens with zero attached hydrogens (tertiary/aromatic N) is 3. The summed E-state index contributed by atoms with van der Waals surface area (Å²) >= 11 is 0. The molecule has 0 aromatic carbocycles. The fourth-order valence-corrected chi connectivity index (χ4v) is 1.13. The molecule has 1 atom stereocenters. The summed E-state index contributed by atoms with van der Waals surface area (Å²) in [5.41, 5.74) is -1.05. The summed E-state index contributed by atoms with van der Waals surface area (Å²) in [7, 11) is 1.38. The fraction of sp³-hybridized carbons (Fsp3) is 0.364. The molecule has 7 heteroatoms. The van der Waals surface area contributed by atoms with E-state index in [0.29, 0.717) is 6.20 Å². The van der Waals surface area contributed by atoms with Gasteiger partial charge in [0.1, 0.15) is 11.7 Å². The van der Waals surface area contributed by atoms with E-state index in [1.165, 1.54) is 14.0 Å². The van der Waals surface area contributed by atoms with Crippen LogP contribution in [0, 0.1) is 11.3 Å². The lowest BCUT2D eigenvalue weighted by Gasteiger charge is -2.18. The summed E-state index contributed by atoms with van der Waals surface area (Å²) in [5, 5.41) is 8.64. The maximum atomic E-state index is 12.3. The van der Waals surface area contributed by atoms with Crippen molar-refractivity contribution >= 4 is 5.91 Å². The van der Waals surface area contributed by atoms with Crippen LogP contribution in [0.4, 0.5) is 13.2 Å². The standard InChI is InChI=1S/C11H10F3N3O/c1-7(5-15)17(2)10(18)9-4-3-8(6-16-9)11(12,13)14/h3-4,6-7H,1-2H3. The molecular weight excluding hydrogens is 247 g/mol. The van der Waals surface area contributed by atoms with Gasteiger partial charge in [-0.25, -0.2) is 0 Å². The first-order chi connectivity index (χ1) is 8.27. The zero-order valence-corrected chi connectivity index (χ0v) is 9.69. The van der Waals surface area contributed by atoms with Gasteiger partial charge in [0.25, 0.3) is 5.91 Å². The minimum Gasteiger partial charge on any atom is -0.325 e. The Morgan fingerprint density at radius 2 is 2.11 bits per heavy atom. The molecule has 0 radical (unpaired) electrons. The van der Waals surface area contributed by atoms with Crippen molar-refractivity contribution in [3.05, 3.63) is 29.6 Å². The van der Waals surface area contributed by atoms with Crippen molar-refractivity contribution in [2.45, 2.75) is 19.1 Å². The summed E-state index contributed by atoms with van der Waals surface area (Å²) in [6, 6.07) is 2.94. The zero-order chi connectivity index (χ0) is 13.9. The van der Waals surface area contributed by atoms with E-state index in [1.54, 1.807) is 0 Å². The number of rotatable bonds is 2. The number of pyridine rings is 1. The number of alkyl halides is 3. The molecule has 0 saturated heterocycles. The van der Waals surface area contributed by atoms with Crippen LogP contribution in [-0.4, -0.2) is 28.9 Å². The first kappa shape index (κ1) is 14.0. The molecule has 0 aliphatic heterocycles. The van der Waals surface area contributed by atoms with Crippen molar-refractivity contribution in [2.24, 2.45) is 0 Å². The maximum Gasteiger partial charge on any atom is 0.417 e. The molecule has 4 nitrogen and oxygen atoms in total. The lowest BCUT2D eigenvalue weighted by molar-refractivity contribution is -0.137. The molecule has 1 unspecified atom stereocenters. The van der Waals surface area contributed by atoms with Gasteiger partial charge in [-0.2, -0.15) is 18.4 Å². The molecule has 0 spiro atoms. The first-order valence-corrected chi connectivity index (χ1v) is 4.97. The van der Waals surface area contributed by atoms with Crippen molar-refractivity contribution in [1.29, 1.82) is 5.26 Å². The zero-order valence-electron chi connectivity index (χ0n) is 9.69. The van der Waals surface area contributed by atoms with E-state index in [0.717, 1.165) is 17.0 Å². The van der Waals surface area contributed by atoms with Crippen LogP contribution in [-0.2, 0) is 6.18 Å². The van der Waals surface area contributed by atoms with Crippen molar-refractivity contribution in [3.8, 4) is 6.07 Å². The fourth-order valence-electron chi connectivity index (χ4n) is 1.13. The SMILES string of the molecule is CC(C#N)N(C)C(=O)c1ccc(C(F)(F)F)cn1. The summed E-state index contributed by atoms with van der Waals surface area (Å²) in [6.45, 7) is 1.50. The van der Waals surface area contributed by atoms with Crippen LogP contribution in [0.2, 0.25) is 0 Å². The highest BCUT2D eigenvalue weighted by molar-refractivity contribution is 5.92. The number of hydrogen-bond donors (Lipinski definition) is 0. The largest absolute Gasteiger partial charge is 0.417 e. The molecule has 1 aromatic heterocycles. The Kier molecular flexibility index (Phi) is 3.91. The second-order valence-corrected chi connectivity index (χ2v) is 3.65. The van der Waals surface area contributed by atoms with Crippen LogP contribution in [0.5, 0.6) is 0 Å². The highest BCUT2D eigenvalue weighted by Crippen LogP contribution is 2.28. The Labute approximate surface area is 102 Å². The Hall–Kier alpha value is -2.10. The summed E-state index contributed by atoms with van der Waals surface area (Å²) in [6.07, 6.45) is -3.89. The highest BCUT2D eigenvalue weighted by Gasteiger charge is 2.31. The van der Waals surface area contributed by atoms with Crippen LogP contribution in [0.3, 0.4) is 0 Å². The van der Waals surface area contributed by atoms with E-state index < -0.39 is 23.7 Å². The second kappa shape index (κ2) is 5.04. The molecule has 0 aliphatic rings. The summed E-state index contributed by atoms with van der Waals surface area (Å²) < 4.78 is 36.9. The predicted molar refractivity (Wildman–Crippen MR) is 56.4 cm³/mol. The lowest BCUT2D eigenvalue weighted by atomic mass is 10.2. The van der Waals surface area contributed by atoms with Gasteiger partial charge in [-0.05, 0) is 19.1 Å². The van der Waals surface area contributed by atoms with E-state index in [2.05, 4.69) is 4.98 Å². The van der Waals surface area contributed by atoms with E-state index in [4.69, 9.17) is 5.26 Å². The Morgan fingerprint density at radius 3 is 2.50 bits per heavy atom. The quantitative estimate of drug-likeness (QED) is 0.815. The highest BCUT2D eigenvalue weighted by atomic mass is 19.4. The van der Waals surface area contributed by atoms with E-state index >= 15 is 0 Å². The average Bonchev–Trinajstić information content (AvgIpc) is 2.35. The molecule has 0 fully saturated rings. The molecule has 18 heavy (non-hydrogen) atoms.